The van der Waals surface area contributed by atoms with Crippen LogP contribution in [0.15, 0.2) is 36.2 Å². The smallest absolute Gasteiger partial charge is 0.180 e. The number of fused-ring (bicyclic) bond motifs is 1. The van der Waals surface area contributed by atoms with Crippen molar-refractivity contribution >= 4 is 27.8 Å². The van der Waals surface area contributed by atoms with Gasteiger partial charge in [0.2, 0.25) is 0 Å². The molecular weight excluding hydrogens is 358 g/mol. The fraction of sp³-hybridized carbons (Fsp3) is 0.316. The molecule has 2 N–H and O–H groups in total. The molecule has 7 nitrogen and oxygen atoms in total. The van der Waals surface area contributed by atoms with Crippen LogP contribution in [0.4, 0.5) is 10.8 Å². The number of nitrogens with zero attached hydrogens (tertiary/aromatic N) is 5. The van der Waals surface area contributed by atoms with Crippen molar-refractivity contribution in [2.45, 2.75) is 27.3 Å². The third kappa shape index (κ3) is 3.58. The van der Waals surface area contributed by atoms with Crippen LogP contribution in [-0.4, -0.2) is 42.6 Å². The van der Waals surface area contributed by atoms with Gasteiger partial charge in [0, 0.05) is 24.5 Å². The minimum atomic E-state index is 0.765. The number of thiophene rings is 1. The SMILES string of the molecule is CCN(CC)Cc1csc(Nc2nc(C)cn3c(-c4cn[nH]c4)cnc23)c1. The average molecular weight is 382 g/mol. The molecule has 0 atom stereocenters. The number of aryl methyl sites for hydroxylation is 1. The fourth-order valence-corrected chi connectivity index (χ4v) is 3.94. The van der Waals surface area contributed by atoms with E-state index in [4.69, 9.17) is 0 Å². The fourth-order valence-electron chi connectivity index (χ4n) is 3.14. The second-order valence-electron chi connectivity index (χ2n) is 6.46. The van der Waals surface area contributed by atoms with Gasteiger partial charge in [0.25, 0.3) is 0 Å². The molecule has 4 rings (SSSR count). The molecule has 0 saturated heterocycles. The van der Waals surface area contributed by atoms with E-state index in [1.807, 2.05) is 25.5 Å². The summed E-state index contributed by atoms with van der Waals surface area (Å²) in [6, 6.07) is 2.20. The van der Waals surface area contributed by atoms with Crippen LogP contribution in [0, 0.1) is 6.92 Å². The van der Waals surface area contributed by atoms with Crippen molar-refractivity contribution in [1.82, 2.24) is 29.5 Å². The van der Waals surface area contributed by atoms with Gasteiger partial charge in [-0.3, -0.25) is 14.4 Å². The third-order valence-electron chi connectivity index (χ3n) is 4.60. The second-order valence-corrected chi connectivity index (χ2v) is 7.37. The van der Waals surface area contributed by atoms with E-state index in [2.05, 4.69) is 60.1 Å². The molecule has 0 aliphatic carbocycles. The number of hydrogen-bond donors (Lipinski definition) is 2. The Balaban J connectivity index is 1.64. The largest absolute Gasteiger partial charge is 0.329 e. The predicted molar refractivity (Wildman–Crippen MR) is 110 cm³/mol. The van der Waals surface area contributed by atoms with Crippen molar-refractivity contribution in [1.29, 1.82) is 0 Å². The Labute approximate surface area is 162 Å². The average Bonchev–Trinajstić information content (AvgIpc) is 3.40. The molecule has 140 valence electrons. The molecule has 0 aromatic carbocycles. The highest BCUT2D eigenvalue weighted by atomic mass is 32.1. The van der Waals surface area contributed by atoms with E-state index in [0.717, 1.165) is 53.1 Å². The zero-order valence-corrected chi connectivity index (χ0v) is 16.5. The Morgan fingerprint density at radius 1 is 1.26 bits per heavy atom. The van der Waals surface area contributed by atoms with E-state index >= 15 is 0 Å². The summed E-state index contributed by atoms with van der Waals surface area (Å²) in [4.78, 5) is 11.7. The van der Waals surface area contributed by atoms with Gasteiger partial charge in [0.1, 0.15) is 0 Å². The van der Waals surface area contributed by atoms with Crippen molar-refractivity contribution in [2.75, 3.05) is 18.4 Å². The maximum Gasteiger partial charge on any atom is 0.180 e. The van der Waals surface area contributed by atoms with Crippen LogP contribution in [-0.2, 0) is 6.54 Å². The van der Waals surface area contributed by atoms with Gasteiger partial charge in [-0.25, -0.2) is 9.97 Å². The van der Waals surface area contributed by atoms with Gasteiger partial charge in [-0.2, -0.15) is 5.10 Å². The van der Waals surface area contributed by atoms with Crippen molar-refractivity contribution in [3.63, 3.8) is 0 Å². The molecule has 4 aromatic heterocycles. The van der Waals surface area contributed by atoms with Gasteiger partial charge in [0.05, 0.1) is 28.8 Å². The Hall–Kier alpha value is -2.71. The van der Waals surface area contributed by atoms with Gasteiger partial charge in [-0.05, 0) is 37.0 Å². The summed E-state index contributed by atoms with van der Waals surface area (Å²) < 4.78 is 2.06. The zero-order valence-electron chi connectivity index (χ0n) is 15.7. The highest BCUT2D eigenvalue weighted by molar-refractivity contribution is 7.14. The molecule has 0 aliphatic heterocycles. The van der Waals surface area contributed by atoms with E-state index < -0.39 is 0 Å². The normalized spacial score (nSPS) is 11.6. The van der Waals surface area contributed by atoms with Gasteiger partial charge < -0.3 is 5.32 Å². The van der Waals surface area contributed by atoms with E-state index in [1.165, 1.54) is 5.56 Å². The summed E-state index contributed by atoms with van der Waals surface area (Å²) in [5.41, 5.74) is 5.03. The lowest BCUT2D eigenvalue weighted by Crippen LogP contribution is -2.21. The van der Waals surface area contributed by atoms with Crippen LogP contribution in [0.2, 0.25) is 0 Å². The standard InChI is InChI=1S/C19H23N7S/c1-4-25(5-2)11-14-6-17(27-12-14)24-18-19-20-9-16(15-7-21-22-8-15)26(19)10-13(3)23-18/h6-10,12H,4-5,11H2,1-3H3,(H,21,22)(H,23,24). The molecule has 0 fully saturated rings. The topological polar surface area (TPSA) is 74.1 Å². The molecule has 0 aliphatic rings. The van der Waals surface area contributed by atoms with Gasteiger partial charge >= 0.3 is 0 Å². The highest BCUT2D eigenvalue weighted by Gasteiger charge is 2.13. The van der Waals surface area contributed by atoms with Crippen LogP contribution in [0.5, 0.6) is 0 Å². The second kappa shape index (κ2) is 7.50. The van der Waals surface area contributed by atoms with Crippen LogP contribution < -0.4 is 5.32 Å². The van der Waals surface area contributed by atoms with Crippen LogP contribution in [0.1, 0.15) is 25.1 Å². The zero-order chi connectivity index (χ0) is 18.8. The molecule has 0 bridgehead atoms. The number of H-pyrrole nitrogens is 1. The molecule has 27 heavy (non-hydrogen) atoms. The lowest BCUT2D eigenvalue weighted by Gasteiger charge is -2.16. The quantitative estimate of drug-likeness (QED) is 0.505. The number of anilines is 2. The summed E-state index contributed by atoms with van der Waals surface area (Å²) in [6.45, 7) is 9.45. The van der Waals surface area contributed by atoms with Gasteiger partial charge in [-0.15, -0.1) is 11.3 Å². The Kier molecular flexibility index (Phi) is 4.91. The summed E-state index contributed by atoms with van der Waals surface area (Å²) in [6.07, 6.45) is 7.51. The summed E-state index contributed by atoms with van der Waals surface area (Å²) in [7, 11) is 0. The maximum absolute atomic E-state index is 4.67. The number of aromatic nitrogens is 5. The van der Waals surface area contributed by atoms with Crippen molar-refractivity contribution in [3.05, 3.63) is 47.5 Å². The van der Waals surface area contributed by atoms with Crippen LogP contribution in [0.3, 0.4) is 0 Å². The molecule has 0 saturated carbocycles. The maximum atomic E-state index is 4.67. The van der Waals surface area contributed by atoms with Crippen molar-refractivity contribution < 1.29 is 0 Å². The molecule has 4 heterocycles. The van der Waals surface area contributed by atoms with Gasteiger partial charge in [-0.1, -0.05) is 13.8 Å². The van der Waals surface area contributed by atoms with Crippen LogP contribution in [0.25, 0.3) is 16.9 Å². The van der Waals surface area contributed by atoms with Crippen molar-refractivity contribution in [3.8, 4) is 11.3 Å². The number of rotatable bonds is 7. The summed E-state index contributed by atoms with van der Waals surface area (Å²) >= 11 is 1.70. The molecule has 0 radical (unpaired) electrons. The van der Waals surface area contributed by atoms with E-state index in [-0.39, 0.29) is 0 Å². The van der Waals surface area contributed by atoms with Gasteiger partial charge in [0.15, 0.2) is 11.5 Å². The molecule has 0 spiro atoms. The predicted octanol–water partition coefficient (Wildman–Crippen LogP) is 4.07. The Morgan fingerprint density at radius 2 is 2.11 bits per heavy atom. The first-order valence-corrected chi connectivity index (χ1v) is 9.96. The summed E-state index contributed by atoms with van der Waals surface area (Å²) in [5, 5.41) is 13.6. The molecular formula is C19H23N7S. The first kappa shape index (κ1) is 17.7. The van der Waals surface area contributed by atoms with E-state index in [9.17, 15) is 0 Å². The third-order valence-corrected chi connectivity index (χ3v) is 5.50. The minimum Gasteiger partial charge on any atom is -0.329 e. The van der Waals surface area contributed by atoms with E-state index in [0.29, 0.717) is 0 Å². The van der Waals surface area contributed by atoms with Crippen molar-refractivity contribution in [2.24, 2.45) is 0 Å². The molecule has 0 unspecified atom stereocenters. The minimum absolute atomic E-state index is 0.765. The Morgan fingerprint density at radius 3 is 2.85 bits per heavy atom. The number of imidazole rings is 1. The lowest BCUT2D eigenvalue weighted by atomic mass is 10.3. The molecule has 4 aromatic rings. The lowest BCUT2D eigenvalue weighted by molar-refractivity contribution is 0.296. The first-order chi connectivity index (χ1) is 13.2. The number of aromatic amines is 1. The summed E-state index contributed by atoms with van der Waals surface area (Å²) in [5.74, 6) is 0.765. The monoisotopic (exact) mass is 381 g/mol. The van der Waals surface area contributed by atoms with Crippen LogP contribution >= 0.6 is 11.3 Å². The Bertz CT molecular complexity index is 1030. The first-order valence-electron chi connectivity index (χ1n) is 9.08. The van der Waals surface area contributed by atoms with E-state index in [1.54, 1.807) is 17.5 Å². The molecule has 8 heteroatoms. The molecule has 0 amide bonds. The highest BCUT2D eigenvalue weighted by Crippen LogP contribution is 2.28. The number of nitrogens with one attached hydrogen (secondary N) is 2. The number of hydrogen-bond acceptors (Lipinski definition) is 6.